The summed E-state index contributed by atoms with van der Waals surface area (Å²) in [6.07, 6.45) is -4.41. The molecule has 0 saturated heterocycles. The molecule has 8 heteroatoms. The molecule has 0 aliphatic heterocycles. The van der Waals surface area contributed by atoms with Gasteiger partial charge in [0.25, 0.3) is 5.91 Å². The lowest BCUT2D eigenvalue weighted by atomic mass is 10.1. The maximum atomic E-state index is 12.9. The smallest absolute Gasteiger partial charge is 0.416 e. The lowest BCUT2D eigenvalue weighted by molar-refractivity contribution is -0.137. The molecule has 0 aliphatic carbocycles. The number of fused-ring (bicyclic) bond motifs is 1. The van der Waals surface area contributed by atoms with Gasteiger partial charge >= 0.3 is 6.18 Å². The average molecular weight is 482 g/mol. The number of hydrogen-bond donors (Lipinski definition) is 1. The van der Waals surface area contributed by atoms with Crippen molar-refractivity contribution in [2.24, 2.45) is 0 Å². The molecular weight excluding hydrogens is 455 g/mol. The van der Waals surface area contributed by atoms with Crippen molar-refractivity contribution in [3.8, 4) is 11.5 Å². The minimum absolute atomic E-state index is 0. The molecule has 1 atom stereocenters. The second-order valence-corrected chi connectivity index (χ2v) is 8.33. The second-order valence-electron chi connectivity index (χ2n) is 8.33. The number of carbonyl (C=O) groups excluding carboxylic acids is 1. The number of rotatable bonds is 6. The Balaban J connectivity index is 0.00000361. The number of halogens is 3. The Morgan fingerprint density at radius 2 is 1.71 bits per heavy atom. The van der Waals surface area contributed by atoms with Crippen LogP contribution in [0.3, 0.4) is 0 Å². The molecule has 0 bridgehead atoms. The number of nitrogens with one attached hydrogen (secondary N) is 1. The SMILES string of the molecule is C[C@@H](NC(=O)c1ccc2c(Oc3ccc(C(F)(F)F)cc3)cccc2c1)c1cccc(N(C)C)n1.[HH]. The zero-order valence-corrected chi connectivity index (χ0v) is 19.4. The van der Waals surface area contributed by atoms with Crippen LogP contribution < -0.4 is 15.0 Å². The van der Waals surface area contributed by atoms with E-state index in [1.807, 2.05) is 50.2 Å². The van der Waals surface area contributed by atoms with Crippen molar-refractivity contribution >= 4 is 22.5 Å². The molecule has 3 aromatic carbocycles. The zero-order valence-electron chi connectivity index (χ0n) is 19.4. The summed E-state index contributed by atoms with van der Waals surface area (Å²) in [6, 6.07) is 20.4. The molecule has 0 unspecified atom stereocenters. The number of alkyl halides is 3. The van der Waals surface area contributed by atoms with Crippen LogP contribution in [-0.4, -0.2) is 25.0 Å². The van der Waals surface area contributed by atoms with Gasteiger partial charge < -0.3 is 15.0 Å². The lowest BCUT2D eigenvalue weighted by Gasteiger charge is -2.17. The van der Waals surface area contributed by atoms with E-state index in [9.17, 15) is 18.0 Å². The molecule has 1 N–H and O–H groups in total. The van der Waals surface area contributed by atoms with E-state index in [-0.39, 0.29) is 19.1 Å². The summed E-state index contributed by atoms with van der Waals surface area (Å²) in [4.78, 5) is 19.4. The first kappa shape index (κ1) is 24.1. The zero-order chi connectivity index (χ0) is 25.2. The maximum absolute atomic E-state index is 12.9. The third-order valence-electron chi connectivity index (χ3n) is 5.52. The summed E-state index contributed by atoms with van der Waals surface area (Å²) in [5.41, 5.74) is 0.480. The fraction of sp³-hybridized carbons (Fsp3) is 0.185. The van der Waals surface area contributed by atoms with Crippen molar-refractivity contribution in [2.75, 3.05) is 19.0 Å². The van der Waals surface area contributed by atoms with E-state index in [4.69, 9.17) is 4.74 Å². The van der Waals surface area contributed by atoms with Crippen LogP contribution in [0.5, 0.6) is 11.5 Å². The molecular formula is C27H26F3N3O2. The number of nitrogens with zero attached hydrogens (tertiary/aromatic N) is 2. The van der Waals surface area contributed by atoms with Gasteiger partial charge in [0.15, 0.2) is 0 Å². The van der Waals surface area contributed by atoms with E-state index in [0.717, 1.165) is 34.4 Å². The molecule has 0 fully saturated rings. The lowest BCUT2D eigenvalue weighted by Crippen LogP contribution is -2.27. The molecule has 1 aromatic heterocycles. The highest BCUT2D eigenvalue weighted by Crippen LogP contribution is 2.34. The quantitative estimate of drug-likeness (QED) is 0.327. The van der Waals surface area contributed by atoms with E-state index >= 15 is 0 Å². The minimum Gasteiger partial charge on any atom is -0.457 e. The number of carbonyl (C=O) groups is 1. The Hall–Kier alpha value is -4.07. The molecule has 1 heterocycles. The van der Waals surface area contributed by atoms with Crippen LogP contribution in [0.1, 0.15) is 36.0 Å². The van der Waals surface area contributed by atoms with Crippen LogP contribution in [0.2, 0.25) is 0 Å². The number of hydrogen-bond acceptors (Lipinski definition) is 4. The van der Waals surface area contributed by atoms with E-state index in [1.54, 1.807) is 30.3 Å². The molecule has 182 valence electrons. The van der Waals surface area contributed by atoms with Crippen LogP contribution in [0.25, 0.3) is 10.8 Å². The third-order valence-corrected chi connectivity index (χ3v) is 5.52. The molecule has 0 saturated carbocycles. The Bertz CT molecular complexity index is 1360. The Morgan fingerprint density at radius 3 is 2.40 bits per heavy atom. The van der Waals surface area contributed by atoms with Crippen molar-refractivity contribution < 1.29 is 24.1 Å². The molecule has 4 rings (SSSR count). The number of ether oxygens (including phenoxy) is 1. The monoisotopic (exact) mass is 481 g/mol. The van der Waals surface area contributed by atoms with E-state index in [2.05, 4.69) is 10.3 Å². The molecule has 4 aromatic rings. The summed E-state index contributed by atoms with van der Waals surface area (Å²) in [5.74, 6) is 1.32. The Labute approximate surface area is 202 Å². The largest absolute Gasteiger partial charge is 0.457 e. The first-order chi connectivity index (χ1) is 16.6. The summed E-state index contributed by atoms with van der Waals surface area (Å²) in [6.45, 7) is 1.87. The number of aromatic nitrogens is 1. The predicted octanol–water partition coefficient (Wildman–Crippen LogP) is 6.85. The maximum Gasteiger partial charge on any atom is 0.416 e. The number of benzene rings is 3. The fourth-order valence-electron chi connectivity index (χ4n) is 3.61. The van der Waals surface area contributed by atoms with Gasteiger partial charge in [-0.2, -0.15) is 13.2 Å². The first-order valence-electron chi connectivity index (χ1n) is 10.9. The Morgan fingerprint density at radius 1 is 1.00 bits per heavy atom. The summed E-state index contributed by atoms with van der Waals surface area (Å²) < 4.78 is 44.2. The highest BCUT2D eigenvalue weighted by molar-refractivity contribution is 6.00. The number of amides is 1. The summed E-state index contributed by atoms with van der Waals surface area (Å²) in [7, 11) is 3.81. The van der Waals surface area contributed by atoms with E-state index in [1.165, 1.54) is 12.1 Å². The van der Waals surface area contributed by atoms with Crippen LogP contribution in [0.15, 0.2) is 78.9 Å². The van der Waals surface area contributed by atoms with Gasteiger partial charge in [0.2, 0.25) is 0 Å². The van der Waals surface area contributed by atoms with Gasteiger partial charge in [0.05, 0.1) is 17.3 Å². The first-order valence-corrected chi connectivity index (χ1v) is 10.9. The van der Waals surface area contributed by atoms with Gasteiger partial charge in [0.1, 0.15) is 17.3 Å². The molecule has 5 nitrogen and oxygen atoms in total. The van der Waals surface area contributed by atoms with E-state index < -0.39 is 11.7 Å². The Kier molecular flexibility index (Phi) is 6.64. The van der Waals surface area contributed by atoms with Crippen LogP contribution in [0.4, 0.5) is 19.0 Å². The van der Waals surface area contributed by atoms with Gasteiger partial charge in [-0.3, -0.25) is 4.79 Å². The second kappa shape index (κ2) is 9.66. The molecule has 35 heavy (non-hydrogen) atoms. The van der Waals surface area contributed by atoms with Gasteiger partial charge in [-0.15, -0.1) is 0 Å². The molecule has 0 aliphatic rings. The summed E-state index contributed by atoms with van der Waals surface area (Å²) in [5, 5.41) is 4.47. The van der Waals surface area contributed by atoms with Crippen molar-refractivity contribution in [3.63, 3.8) is 0 Å². The topological polar surface area (TPSA) is 54.5 Å². The van der Waals surface area contributed by atoms with Gasteiger partial charge in [-0.25, -0.2) is 4.98 Å². The van der Waals surface area contributed by atoms with Gasteiger partial charge in [-0.05, 0) is 73.0 Å². The predicted molar refractivity (Wildman–Crippen MR) is 132 cm³/mol. The van der Waals surface area contributed by atoms with Gasteiger partial charge in [0, 0.05) is 26.5 Å². The van der Waals surface area contributed by atoms with Crippen molar-refractivity contribution in [2.45, 2.75) is 19.1 Å². The normalized spacial score (nSPS) is 12.3. The summed E-state index contributed by atoms with van der Waals surface area (Å²) >= 11 is 0. The van der Waals surface area contributed by atoms with Crippen LogP contribution in [0, 0.1) is 0 Å². The van der Waals surface area contributed by atoms with Crippen molar-refractivity contribution in [1.29, 1.82) is 0 Å². The van der Waals surface area contributed by atoms with Gasteiger partial charge in [-0.1, -0.05) is 18.2 Å². The number of anilines is 1. The highest BCUT2D eigenvalue weighted by atomic mass is 19.4. The molecule has 0 radical (unpaired) electrons. The molecule has 0 spiro atoms. The highest BCUT2D eigenvalue weighted by Gasteiger charge is 2.30. The van der Waals surface area contributed by atoms with Crippen LogP contribution in [-0.2, 0) is 6.18 Å². The minimum atomic E-state index is -4.41. The van der Waals surface area contributed by atoms with Crippen molar-refractivity contribution in [1.82, 2.24) is 10.3 Å². The molecule has 1 amide bonds. The van der Waals surface area contributed by atoms with Crippen LogP contribution >= 0.6 is 0 Å². The van der Waals surface area contributed by atoms with E-state index in [0.29, 0.717) is 11.3 Å². The van der Waals surface area contributed by atoms with Crippen molar-refractivity contribution in [3.05, 3.63) is 95.7 Å². The standard InChI is InChI=1S/C27H24F3N3O2.H2/c1-17(23-7-5-9-25(32-23)33(2)3)31-26(34)19-10-15-22-18(16-19)6-4-8-24(22)35-21-13-11-20(12-14-21)27(28,29)30;/h4-17H,1-3H3,(H,31,34);1H/t17-;/m1./s1. The average Bonchev–Trinajstić information content (AvgIpc) is 2.83. The number of pyridine rings is 1. The fourth-order valence-corrected chi connectivity index (χ4v) is 3.61. The third kappa shape index (κ3) is 5.54.